The summed E-state index contributed by atoms with van der Waals surface area (Å²) >= 11 is 2.24. The Morgan fingerprint density at radius 3 is 2.55 bits per heavy atom. The van der Waals surface area contributed by atoms with Crippen LogP contribution in [-0.4, -0.2) is 9.97 Å². The Hall–Kier alpha value is -0.190. The molecule has 0 spiro atoms. The Morgan fingerprint density at radius 1 is 1.36 bits per heavy atom. The van der Waals surface area contributed by atoms with Gasteiger partial charge in [0, 0.05) is 6.20 Å². The number of rotatable bonds is 2. The van der Waals surface area contributed by atoms with E-state index in [1.807, 2.05) is 6.20 Å². The first-order valence-corrected chi connectivity index (χ1v) is 4.86. The van der Waals surface area contributed by atoms with Gasteiger partial charge in [-0.1, -0.05) is 13.8 Å². The summed E-state index contributed by atoms with van der Waals surface area (Å²) in [6.45, 7) is 4.18. The van der Waals surface area contributed by atoms with Crippen LogP contribution < -0.4 is 0 Å². The fraction of sp³-hybridized carbons (Fsp3) is 0.500. The Bertz CT molecular complexity index is 248. The fourth-order valence-corrected chi connectivity index (χ4v) is 1.66. The van der Waals surface area contributed by atoms with Gasteiger partial charge in [-0.3, -0.25) is 4.98 Å². The zero-order valence-electron chi connectivity index (χ0n) is 6.76. The molecule has 0 aliphatic rings. The molecule has 0 amide bonds. The second-order valence-electron chi connectivity index (χ2n) is 2.31. The summed E-state index contributed by atoms with van der Waals surface area (Å²) in [5.74, 6) is 0. The maximum absolute atomic E-state index is 4.39. The minimum atomic E-state index is 0.965. The van der Waals surface area contributed by atoms with Gasteiger partial charge in [0.2, 0.25) is 0 Å². The number of hydrogen-bond acceptors (Lipinski definition) is 2. The smallest absolute Gasteiger partial charge is 0.123 e. The topological polar surface area (TPSA) is 25.8 Å². The molecule has 2 nitrogen and oxygen atoms in total. The molecule has 0 aliphatic heterocycles. The average molecular weight is 262 g/mol. The SMILES string of the molecule is CCc1cnc(CC)c(I)n1. The van der Waals surface area contributed by atoms with Crippen LogP contribution in [0.15, 0.2) is 6.20 Å². The summed E-state index contributed by atoms with van der Waals surface area (Å²) < 4.78 is 1.05. The molecule has 0 atom stereocenters. The molecule has 60 valence electrons. The summed E-state index contributed by atoms with van der Waals surface area (Å²) in [4.78, 5) is 8.68. The summed E-state index contributed by atoms with van der Waals surface area (Å²) in [6, 6.07) is 0. The van der Waals surface area contributed by atoms with E-state index in [0.717, 1.165) is 27.9 Å². The second kappa shape index (κ2) is 3.99. The lowest BCUT2D eigenvalue weighted by Gasteiger charge is -2.00. The van der Waals surface area contributed by atoms with Crippen molar-refractivity contribution in [1.82, 2.24) is 9.97 Å². The summed E-state index contributed by atoms with van der Waals surface area (Å²) in [5.41, 5.74) is 2.18. The molecule has 1 aromatic heterocycles. The molecular formula is C8H11IN2. The van der Waals surface area contributed by atoms with Gasteiger partial charge in [-0.25, -0.2) is 4.98 Å². The first-order chi connectivity index (χ1) is 5.27. The van der Waals surface area contributed by atoms with Gasteiger partial charge < -0.3 is 0 Å². The Morgan fingerprint density at radius 2 is 2.09 bits per heavy atom. The third-order valence-electron chi connectivity index (χ3n) is 1.55. The van der Waals surface area contributed by atoms with E-state index in [1.54, 1.807) is 0 Å². The number of nitrogens with zero attached hydrogens (tertiary/aromatic N) is 2. The molecule has 1 rings (SSSR count). The van der Waals surface area contributed by atoms with E-state index in [2.05, 4.69) is 46.4 Å². The quantitative estimate of drug-likeness (QED) is 0.763. The van der Waals surface area contributed by atoms with E-state index in [4.69, 9.17) is 0 Å². The zero-order chi connectivity index (χ0) is 8.27. The van der Waals surface area contributed by atoms with Gasteiger partial charge in [0.25, 0.3) is 0 Å². The van der Waals surface area contributed by atoms with Crippen LogP contribution in [0.4, 0.5) is 0 Å². The Kier molecular flexibility index (Phi) is 3.23. The van der Waals surface area contributed by atoms with E-state index >= 15 is 0 Å². The van der Waals surface area contributed by atoms with Crippen LogP contribution in [0.3, 0.4) is 0 Å². The molecule has 0 fully saturated rings. The number of halogens is 1. The Balaban J connectivity index is 2.99. The molecule has 0 N–H and O–H groups in total. The maximum atomic E-state index is 4.39. The number of hydrogen-bond donors (Lipinski definition) is 0. The fourth-order valence-electron chi connectivity index (χ4n) is 0.833. The van der Waals surface area contributed by atoms with Crippen LogP contribution >= 0.6 is 22.6 Å². The standard InChI is InChI=1S/C8H11IN2/c1-3-6-5-10-7(4-2)8(9)11-6/h5H,3-4H2,1-2H3. The molecule has 0 radical (unpaired) electrons. The lowest BCUT2D eigenvalue weighted by molar-refractivity contribution is 0.914. The van der Waals surface area contributed by atoms with Gasteiger partial charge in [-0.15, -0.1) is 0 Å². The number of aryl methyl sites for hydroxylation is 2. The van der Waals surface area contributed by atoms with E-state index in [9.17, 15) is 0 Å². The van der Waals surface area contributed by atoms with Crippen LogP contribution in [-0.2, 0) is 12.8 Å². The third kappa shape index (κ3) is 2.12. The zero-order valence-corrected chi connectivity index (χ0v) is 8.92. The predicted molar refractivity (Wildman–Crippen MR) is 53.5 cm³/mol. The van der Waals surface area contributed by atoms with Crippen molar-refractivity contribution in [3.05, 3.63) is 21.3 Å². The van der Waals surface area contributed by atoms with E-state index in [1.165, 1.54) is 0 Å². The van der Waals surface area contributed by atoms with Crippen molar-refractivity contribution >= 4 is 22.6 Å². The molecule has 0 saturated carbocycles. The molecule has 1 heterocycles. The highest BCUT2D eigenvalue weighted by atomic mass is 127. The first-order valence-electron chi connectivity index (χ1n) is 3.78. The largest absolute Gasteiger partial charge is 0.257 e. The minimum absolute atomic E-state index is 0.965. The highest BCUT2D eigenvalue weighted by Crippen LogP contribution is 2.07. The normalized spacial score (nSPS) is 10.1. The lowest BCUT2D eigenvalue weighted by Crippen LogP contribution is -1.98. The minimum Gasteiger partial charge on any atom is -0.257 e. The van der Waals surface area contributed by atoms with Crippen LogP contribution in [0.5, 0.6) is 0 Å². The predicted octanol–water partition coefficient (Wildman–Crippen LogP) is 2.21. The van der Waals surface area contributed by atoms with Crippen LogP contribution in [0.25, 0.3) is 0 Å². The molecule has 0 saturated heterocycles. The molecule has 11 heavy (non-hydrogen) atoms. The van der Waals surface area contributed by atoms with E-state index in [-0.39, 0.29) is 0 Å². The average Bonchev–Trinajstić information content (AvgIpc) is 2.04. The van der Waals surface area contributed by atoms with Crippen molar-refractivity contribution in [2.75, 3.05) is 0 Å². The van der Waals surface area contributed by atoms with Gasteiger partial charge in [0.1, 0.15) is 3.70 Å². The van der Waals surface area contributed by atoms with Gasteiger partial charge in [0.15, 0.2) is 0 Å². The molecule has 0 aromatic carbocycles. The van der Waals surface area contributed by atoms with E-state index in [0.29, 0.717) is 0 Å². The molecule has 0 aliphatic carbocycles. The van der Waals surface area contributed by atoms with Crippen molar-refractivity contribution in [2.45, 2.75) is 26.7 Å². The molecule has 1 aromatic rings. The van der Waals surface area contributed by atoms with Gasteiger partial charge in [-0.05, 0) is 35.4 Å². The van der Waals surface area contributed by atoms with Crippen molar-refractivity contribution in [3.63, 3.8) is 0 Å². The molecule has 3 heteroatoms. The third-order valence-corrected chi connectivity index (χ3v) is 2.41. The van der Waals surface area contributed by atoms with Crippen molar-refractivity contribution < 1.29 is 0 Å². The lowest BCUT2D eigenvalue weighted by atomic mass is 10.3. The summed E-state index contributed by atoms with van der Waals surface area (Å²) in [7, 11) is 0. The van der Waals surface area contributed by atoms with Crippen LogP contribution in [0.1, 0.15) is 25.2 Å². The van der Waals surface area contributed by atoms with Gasteiger partial charge >= 0.3 is 0 Å². The van der Waals surface area contributed by atoms with Crippen molar-refractivity contribution in [3.8, 4) is 0 Å². The van der Waals surface area contributed by atoms with Crippen molar-refractivity contribution in [1.29, 1.82) is 0 Å². The highest BCUT2D eigenvalue weighted by Gasteiger charge is 2.00. The molecule has 0 bridgehead atoms. The van der Waals surface area contributed by atoms with Crippen molar-refractivity contribution in [2.24, 2.45) is 0 Å². The second-order valence-corrected chi connectivity index (χ2v) is 3.33. The molecular weight excluding hydrogens is 251 g/mol. The monoisotopic (exact) mass is 262 g/mol. The summed E-state index contributed by atoms with van der Waals surface area (Å²) in [5, 5.41) is 0. The molecule has 0 unspecified atom stereocenters. The Labute approximate surface area is 80.6 Å². The highest BCUT2D eigenvalue weighted by molar-refractivity contribution is 14.1. The van der Waals surface area contributed by atoms with Gasteiger partial charge in [0.05, 0.1) is 11.4 Å². The maximum Gasteiger partial charge on any atom is 0.123 e. The van der Waals surface area contributed by atoms with Crippen LogP contribution in [0.2, 0.25) is 0 Å². The summed E-state index contributed by atoms with van der Waals surface area (Å²) in [6.07, 6.45) is 3.79. The first kappa shape index (κ1) is 8.90. The number of aromatic nitrogens is 2. The van der Waals surface area contributed by atoms with E-state index < -0.39 is 0 Å². The van der Waals surface area contributed by atoms with Crippen LogP contribution in [0, 0.1) is 3.70 Å². The van der Waals surface area contributed by atoms with Gasteiger partial charge in [-0.2, -0.15) is 0 Å².